The first-order valence-corrected chi connectivity index (χ1v) is 13.2. The number of aryl methyl sites for hydroxylation is 3. The van der Waals surface area contributed by atoms with Gasteiger partial charge >= 0.3 is 0 Å². The molecule has 176 valence electrons. The summed E-state index contributed by atoms with van der Waals surface area (Å²) in [5.74, 6) is 0.969. The molecule has 2 heteroatoms. The van der Waals surface area contributed by atoms with Gasteiger partial charge in [0, 0.05) is 35.9 Å². The summed E-state index contributed by atoms with van der Waals surface area (Å²) in [6.45, 7) is 6.75. The Morgan fingerprint density at radius 2 is 1.77 bits per heavy atom. The van der Waals surface area contributed by atoms with Crippen LogP contribution in [0.15, 0.2) is 73.2 Å². The van der Waals surface area contributed by atoms with Crippen LogP contribution in [0.2, 0.25) is 0 Å². The van der Waals surface area contributed by atoms with Crippen LogP contribution in [0.4, 0.5) is 0 Å². The fourth-order valence-corrected chi connectivity index (χ4v) is 6.21. The van der Waals surface area contributed by atoms with E-state index < -0.39 is 0 Å². The highest BCUT2D eigenvalue weighted by Crippen LogP contribution is 2.33. The third-order valence-corrected chi connectivity index (χ3v) is 8.05. The summed E-state index contributed by atoms with van der Waals surface area (Å²) in [7, 11) is 0. The van der Waals surface area contributed by atoms with Crippen molar-refractivity contribution in [2.24, 2.45) is 5.92 Å². The first-order valence-electron chi connectivity index (χ1n) is 13.2. The topological polar surface area (TPSA) is 17.8 Å². The highest BCUT2D eigenvalue weighted by Gasteiger charge is 2.25. The summed E-state index contributed by atoms with van der Waals surface area (Å²) in [4.78, 5) is 4.65. The molecule has 0 N–H and O–H groups in total. The average Bonchev–Trinajstić information content (AvgIpc) is 3.41. The molecule has 2 aliphatic rings. The first-order chi connectivity index (χ1) is 17.1. The maximum Gasteiger partial charge on any atom is 0.0401 e. The van der Waals surface area contributed by atoms with E-state index >= 15 is 0 Å². The van der Waals surface area contributed by atoms with Crippen LogP contribution < -0.4 is 10.4 Å². The number of hydrogen-bond donors (Lipinski definition) is 0. The van der Waals surface area contributed by atoms with E-state index in [0.717, 1.165) is 25.7 Å². The predicted octanol–water partition coefficient (Wildman–Crippen LogP) is 5.79. The Morgan fingerprint density at radius 3 is 2.54 bits per heavy atom. The van der Waals surface area contributed by atoms with Crippen molar-refractivity contribution in [1.29, 1.82) is 0 Å². The SMILES string of the molecule is CCc1ccc(CCC2C=c3cc(C)ccc3=c3ccc4c(c32)CCC(C)C=4n2cccc2)cn1. The maximum absolute atomic E-state index is 4.65. The van der Waals surface area contributed by atoms with Gasteiger partial charge in [0.25, 0.3) is 0 Å². The zero-order valence-corrected chi connectivity index (χ0v) is 21.1. The summed E-state index contributed by atoms with van der Waals surface area (Å²) < 4.78 is 2.34. The van der Waals surface area contributed by atoms with Crippen LogP contribution in [0, 0.1) is 23.3 Å². The molecule has 35 heavy (non-hydrogen) atoms. The Hall–Kier alpha value is -3.39. The quantitative estimate of drug-likeness (QED) is 0.370. The molecule has 2 atom stereocenters. The third kappa shape index (κ3) is 3.95. The van der Waals surface area contributed by atoms with Gasteiger partial charge in [0.05, 0.1) is 0 Å². The van der Waals surface area contributed by atoms with Gasteiger partial charge < -0.3 is 4.57 Å². The largest absolute Gasteiger partial charge is 0.327 e. The number of hydrogen-bond acceptors (Lipinski definition) is 1. The van der Waals surface area contributed by atoms with Crippen molar-refractivity contribution in [2.75, 3.05) is 0 Å². The fourth-order valence-electron chi connectivity index (χ4n) is 6.21. The molecule has 4 aromatic rings. The van der Waals surface area contributed by atoms with Gasteiger partial charge in [-0.05, 0) is 101 Å². The second kappa shape index (κ2) is 9.00. The van der Waals surface area contributed by atoms with E-state index in [1.54, 1.807) is 11.1 Å². The monoisotopic (exact) mass is 458 g/mol. The van der Waals surface area contributed by atoms with Gasteiger partial charge in [0.15, 0.2) is 0 Å². The van der Waals surface area contributed by atoms with Gasteiger partial charge in [0.2, 0.25) is 0 Å². The number of fused-ring (bicyclic) bond motifs is 4. The van der Waals surface area contributed by atoms with Crippen LogP contribution in [0.1, 0.15) is 60.6 Å². The fraction of sp³-hybridized carbons (Fsp3) is 0.303. The zero-order valence-electron chi connectivity index (χ0n) is 21.1. The lowest BCUT2D eigenvalue weighted by atomic mass is 9.78. The Balaban J connectivity index is 1.54. The number of nitrogens with zero attached hydrogens (tertiary/aromatic N) is 2. The van der Waals surface area contributed by atoms with Gasteiger partial charge in [-0.15, -0.1) is 0 Å². The van der Waals surface area contributed by atoms with E-state index in [1.807, 2.05) is 0 Å². The van der Waals surface area contributed by atoms with Crippen molar-refractivity contribution >= 4 is 11.8 Å². The molecule has 2 aromatic carbocycles. The Morgan fingerprint density at radius 1 is 0.971 bits per heavy atom. The highest BCUT2D eigenvalue weighted by molar-refractivity contribution is 5.58. The van der Waals surface area contributed by atoms with Gasteiger partial charge in [0.1, 0.15) is 0 Å². The Kier molecular flexibility index (Phi) is 5.68. The predicted molar refractivity (Wildman–Crippen MR) is 144 cm³/mol. The normalized spacial score (nSPS) is 18.4. The van der Waals surface area contributed by atoms with Gasteiger partial charge in [-0.3, -0.25) is 4.98 Å². The van der Waals surface area contributed by atoms with Gasteiger partial charge in [-0.2, -0.15) is 0 Å². The molecule has 0 radical (unpaired) electrons. The van der Waals surface area contributed by atoms with Crippen molar-refractivity contribution in [3.63, 3.8) is 0 Å². The average molecular weight is 459 g/mol. The van der Waals surface area contributed by atoms with E-state index in [9.17, 15) is 0 Å². The highest BCUT2D eigenvalue weighted by atomic mass is 15.0. The minimum Gasteiger partial charge on any atom is -0.327 e. The second-order valence-electron chi connectivity index (χ2n) is 10.4. The molecule has 0 bridgehead atoms. The zero-order chi connectivity index (χ0) is 23.9. The summed E-state index contributed by atoms with van der Waals surface area (Å²) >= 11 is 0. The van der Waals surface area contributed by atoms with Crippen molar-refractivity contribution in [3.05, 3.63) is 122 Å². The second-order valence-corrected chi connectivity index (χ2v) is 10.4. The smallest absolute Gasteiger partial charge is 0.0401 e. The first kappa shape index (κ1) is 22.1. The van der Waals surface area contributed by atoms with E-state index in [4.69, 9.17) is 0 Å². The summed E-state index contributed by atoms with van der Waals surface area (Å²) in [6, 6.07) is 20.5. The van der Waals surface area contributed by atoms with E-state index in [0.29, 0.717) is 11.8 Å². The summed E-state index contributed by atoms with van der Waals surface area (Å²) in [5, 5.41) is 5.66. The van der Waals surface area contributed by atoms with E-state index in [1.165, 1.54) is 49.8 Å². The molecule has 0 aliphatic heterocycles. The van der Waals surface area contributed by atoms with Crippen LogP contribution in [0.25, 0.3) is 11.8 Å². The summed E-state index contributed by atoms with van der Waals surface area (Å²) in [5.41, 5.74) is 8.42. The Labute approximate surface area is 208 Å². The lowest BCUT2D eigenvalue weighted by Crippen LogP contribution is -2.30. The molecule has 2 aliphatic carbocycles. The summed E-state index contributed by atoms with van der Waals surface area (Å²) in [6.07, 6.45) is 14.5. The minimum atomic E-state index is 0.416. The third-order valence-electron chi connectivity index (χ3n) is 8.05. The van der Waals surface area contributed by atoms with Gasteiger partial charge in [-0.1, -0.05) is 61.9 Å². The van der Waals surface area contributed by atoms with Crippen LogP contribution in [-0.4, -0.2) is 9.55 Å². The molecule has 0 fully saturated rings. The van der Waals surface area contributed by atoms with Crippen LogP contribution >= 0.6 is 0 Å². The number of rotatable bonds is 5. The van der Waals surface area contributed by atoms with Crippen LogP contribution in [0.3, 0.4) is 0 Å². The van der Waals surface area contributed by atoms with Crippen molar-refractivity contribution in [2.45, 2.75) is 58.8 Å². The molecule has 6 rings (SSSR count). The number of pyridine rings is 1. The molecule has 2 heterocycles. The number of aromatic nitrogens is 2. The minimum absolute atomic E-state index is 0.416. The molecule has 2 unspecified atom stereocenters. The molecule has 2 aromatic heterocycles. The molecule has 2 nitrogen and oxygen atoms in total. The standard InChI is InChI=1S/C33H34N2/c1-4-27-12-10-24(21-34-27)9-11-25-20-26-19-22(2)7-13-28(26)29-15-16-31-30(32(25)29)14-8-23(3)33(31)35-17-5-6-18-35/h5-7,10,12-13,15-21,23,25H,4,8-9,11,14H2,1-3H3. The van der Waals surface area contributed by atoms with Gasteiger partial charge in [-0.25, -0.2) is 0 Å². The van der Waals surface area contributed by atoms with Crippen molar-refractivity contribution in [1.82, 2.24) is 9.55 Å². The molecule has 0 amide bonds. The van der Waals surface area contributed by atoms with E-state index in [-0.39, 0.29) is 0 Å². The van der Waals surface area contributed by atoms with Crippen LogP contribution in [-0.2, 0) is 19.3 Å². The lowest BCUT2D eigenvalue weighted by Gasteiger charge is -2.29. The molecule has 0 spiro atoms. The molecular weight excluding hydrogens is 424 g/mol. The van der Waals surface area contributed by atoms with E-state index in [2.05, 4.69) is 110 Å². The maximum atomic E-state index is 4.65. The molecular formula is C33H34N2. The molecule has 0 saturated heterocycles. The molecule has 0 saturated carbocycles. The van der Waals surface area contributed by atoms with Crippen molar-refractivity contribution < 1.29 is 0 Å². The number of benzene rings is 2. The Bertz CT molecular complexity index is 1590. The van der Waals surface area contributed by atoms with Crippen molar-refractivity contribution in [3.8, 4) is 0 Å². The lowest BCUT2D eigenvalue weighted by molar-refractivity contribution is 0.606. The van der Waals surface area contributed by atoms with Crippen LogP contribution in [0.5, 0.6) is 0 Å².